The fourth-order valence-corrected chi connectivity index (χ4v) is 3.12. The number of aliphatic carboxylic acids is 1. The molecule has 1 heterocycles. The number of hydrogen-bond donors (Lipinski definition) is 2. The van der Waals surface area contributed by atoms with Crippen LogP contribution in [0.5, 0.6) is 17.2 Å². The minimum absolute atomic E-state index is 0.132. The molecule has 0 aliphatic carbocycles. The normalized spacial score (nSPS) is 12.1. The molecule has 2 aromatic rings. The van der Waals surface area contributed by atoms with Crippen molar-refractivity contribution < 1.29 is 28.9 Å². The van der Waals surface area contributed by atoms with Crippen LogP contribution in [0.4, 0.5) is 0 Å². The van der Waals surface area contributed by atoms with E-state index in [0.717, 1.165) is 0 Å². The summed E-state index contributed by atoms with van der Waals surface area (Å²) in [5, 5.41) is 12.7. The number of amides is 1. The molecule has 0 bridgehead atoms. The van der Waals surface area contributed by atoms with E-state index in [0.29, 0.717) is 40.3 Å². The smallest absolute Gasteiger partial charge is 0.326 e. The number of aromatic nitrogens is 1. The van der Waals surface area contributed by atoms with Gasteiger partial charge in [-0.3, -0.25) is 4.79 Å². The first-order valence-electron chi connectivity index (χ1n) is 8.57. The summed E-state index contributed by atoms with van der Waals surface area (Å²) in [4.78, 5) is 24.2. The number of carboxylic acids is 1. The van der Waals surface area contributed by atoms with Gasteiger partial charge in [0.05, 0.1) is 26.8 Å². The van der Waals surface area contributed by atoms with Crippen LogP contribution in [0.15, 0.2) is 12.1 Å². The van der Waals surface area contributed by atoms with Crippen molar-refractivity contribution in [3.05, 3.63) is 17.8 Å². The fourth-order valence-electron chi connectivity index (χ4n) is 3.12. The van der Waals surface area contributed by atoms with Crippen molar-refractivity contribution in [3.8, 4) is 17.2 Å². The quantitative estimate of drug-likeness (QED) is 0.732. The van der Waals surface area contributed by atoms with Gasteiger partial charge in [0, 0.05) is 12.4 Å². The van der Waals surface area contributed by atoms with E-state index in [4.69, 9.17) is 14.2 Å². The monoisotopic (exact) mass is 378 g/mol. The second-order valence-electron chi connectivity index (χ2n) is 6.67. The number of carbonyl (C=O) groups excluding carboxylic acids is 1. The summed E-state index contributed by atoms with van der Waals surface area (Å²) >= 11 is 0. The van der Waals surface area contributed by atoms with E-state index in [1.54, 1.807) is 23.7 Å². The van der Waals surface area contributed by atoms with E-state index >= 15 is 0 Å². The number of hydrogen-bond acceptors (Lipinski definition) is 5. The van der Waals surface area contributed by atoms with Crippen LogP contribution in [-0.4, -0.2) is 48.9 Å². The lowest BCUT2D eigenvalue weighted by Gasteiger charge is -2.17. The van der Waals surface area contributed by atoms with Crippen LogP contribution in [0.25, 0.3) is 10.9 Å². The Balaban J connectivity index is 2.52. The molecular formula is C19H26N2O6. The Bertz CT molecular complexity index is 856. The summed E-state index contributed by atoms with van der Waals surface area (Å²) in [5.41, 5.74) is 0.963. The molecule has 0 saturated carbocycles. The molecule has 1 unspecified atom stereocenters. The molecule has 0 aliphatic rings. The highest BCUT2D eigenvalue weighted by molar-refractivity contribution is 6.02. The van der Waals surface area contributed by atoms with E-state index in [1.165, 1.54) is 21.3 Å². The molecule has 0 spiro atoms. The van der Waals surface area contributed by atoms with Gasteiger partial charge in [0.2, 0.25) is 5.75 Å². The lowest BCUT2D eigenvalue weighted by Crippen LogP contribution is -2.42. The second-order valence-corrected chi connectivity index (χ2v) is 6.67. The average molecular weight is 378 g/mol. The highest BCUT2D eigenvalue weighted by Gasteiger charge is 2.26. The lowest BCUT2D eigenvalue weighted by molar-refractivity contribution is -0.139. The average Bonchev–Trinajstić information content (AvgIpc) is 2.95. The van der Waals surface area contributed by atoms with Crippen molar-refractivity contribution in [2.75, 3.05) is 21.3 Å². The van der Waals surface area contributed by atoms with Gasteiger partial charge in [-0.05, 0) is 24.5 Å². The molecule has 1 atom stereocenters. The molecule has 2 rings (SSSR count). The maximum atomic E-state index is 12.7. The minimum atomic E-state index is -1.06. The van der Waals surface area contributed by atoms with Crippen LogP contribution in [0.3, 0.4) is 0 Å². The summed E-state index contributed by atoms with van der Waals surface area (Å²) < 4.78 is 17.9. The number of benzene rings is 1. The van der Waals surface area contributed by atoms with Crippen LogP contribution in [0.1, 0.15) is 30.8 Å². The van der Waals surface area contributed by atoms with Crippen LogP contribution in [-0.2, 0) is 11.8 Å². The van der Waals surface area contributed by atoms with Crippen LogP contribution < -0.4 is 19.5 Å². The maximum absolute atomic E-state index is 12.7. The molecule has 0 saturated heterocycles. The van der Waals surface area contributed by atoms with Gasteiger partial charge in [0.1, 0.15) is 11.7 Å². The second kappa shape index (κ2) is 8.20. The number of rotatable bonds is 8. The Kier molecular flexibility index (Phi) is 6.20. The molecule has 0 radical (unpaired) electrons. The summed E-state index contributed by atoms with van der Waals surface area (Å²) in [5.74, 6) is -0.0668. The zero-order valence-corrected chi connectivity index (χ0v) is 16.5. The van der Waals surface area contributed by atoms with Gasteiger partial charge in [-0.1, -0.05) is 13.8 Å². The molecular weight excluding hydrogens is 352 g/mol. The van der Waals surface area contributed by atoms with Crippen molar-refractivity contribution in [2.45, 2.75) is 26.3 Å². The Morgan fingerprint density at radius 2 is 1.74 bits per heavy atom. The third-order valence-corrected chi connectivity index (χ3v) is 4.37. The van der Waals surface area contributed by atoms with E-state index in [1.807, 2.05) is 13.8 Å². The van der Waals surface area contributed by atoms with Crippen LogP contribution >= 0.6 is 0 Å². The third-order valence-electron chi connectivity index (χ3n) is 4.37. The Morgan fingerprint density at radius 3 is 2.22 bits per heavy atom. The SMILES string of the molecule is COc1cc2cc(C(=O)NC(CC(C)C)C(=O)O)n(C)c2c(OC)c1OC. The Morgan fingerprint density at radius 1 is 1.11 bits per heavy atom. The van der Waals surface area contributed by atoms with E-state index in [9.17, 15) is 14.7 Å². The number of ether oxygens (including phenoxy) is 3. The molecule has 1 aromatic carbocycles. The van der Waals surface area contributed by atoms with E-state index in [-0.39, 0.29) is 5.92 Å². The van der Waals surface area contributed by atoms with Crippen molar-refractivity contribution >= 4 is 22.8 Å². The highest BCUT2D eigenvalue weighted by Crippen LogP contribution is 2.44. The summed E-state index contributed by atoms with van der Waals surface area (Å²) in [7, 11) is 6.24. The minimum Gasteiger partial charge on any atom is -0.493 e. The van der Waals surface area contributed by atoms with Crippen molar-refractivity contribution in [1.82, 2.24) is 9.88 Å². The molecule has 148 valence electrons. The number of fused-ring (bicyclic) bond motifs is 1. The van der Waals surface area contributed by atoms with Gasteiger partial charge < -0.3 is 29.2 Å². The first kappa shape index (κ1) is 20.4. The van der Waals surface area contributed by atoms with Crippen molar-refractivity contribution in [2.24, 2.45) is 13.0 Å². The molecule has 0 fully saturated rings. The zero-order chi connectivity index (χ0) is 20.3. The van der Waals surface area contributed by atoms with Gasteiger partial charge in [0.15, 0.2) is 11.5 Å². The van der Waals surface area contributed by atoms with Gasteiger partial charge in [-0.2, -0.15) is 0 Å². The largest absolute Gasteiger partial charge is 0.493 e. The molecule has 8 heteroatoms. The molecule has 2 N–H and O–H groups in total. The lowest BCUT2D eigenvalue weighted by atomic mass is 10.0. The topological polar surface area (TPSA) is 99.0 Å². The first-order valence-corrected chi connectivity index (χ1v) is 8.57. The van der Waals surface area contributed by atoms with Crippen molar-refractivity contribution in [3.63, 3.8) is 0 Å². The summed E-state index contributed by atoms with van der Waals surface area (Å²) in [6.45, 7) is 3.81. The fraction of sp³-hybridized carbons (Fsp3) is 0.474. The Hall–Kier alpha value is -2.90. The van der Waals surface area contributed by atoms with Crippen molar-refractivity contribution in [1.29, 1.82) is 0 Å². The van der Waals surface area contributed by atoms with Gasteiger partial charge in [-0.15, -0.1) is 0 Å². The van der Waals surface area contributed by atoms with Gasteiger partial charge in [-0.25, -0.2) is 4.79 Å². The van der Waals surface area contributed by atoms with E-state index in [2.05, 4.69) is 5.32 Å². The number of methoxy groups -OCH3 is 3. The Labute approximate surface area is 158 Å². The van der Waals surface area contributed by atoms with E-state index < -0.39 is 17.9 Å². The van der Waals surface area contributed by atoms with Gasteiger partial charge >= 0.3 is 5.97 Å². The molecule has 27 heavy (non-hydrogen) atoms. The third kappa shape index (κ3) is 3.94. The summed E-state index contributed by atoms with van der Waals surface area (Å²) in [6.07, 6.45) is 0.343. The molecule has 1 amide bonds. The molecule has 0 aliphatic heterocycles. The van der Waals surface area contributed by atoms with Crippen LogP contribution in [0.2, 0.25) is 0 Å². The molecule has 1 aromatic heterocycles. The first-order chi connectivity index (χ1) is 12.7. The highest BCUT2D eigenvalue weighted by atomic mass is 16.5. The number of carboxylic acid groups (broad SMARTS) is 1. The maximum Gasteiger partial charge on any atom is 0.326 e. The van der Waals surface area contributed by atoms with Gasteiger partial charge in [0.25, 0.3) is 5.91 Å². The number of nitrogens with one attached hydrogen (secondary N) is 1. The standard InChI is InChI=1S/C19H26N2O6/c1-10(2)7-12(19(23)24)20-18(22)13-8-11-9-14(25-4)16(26-5)17(27-6)15(11)21(13)3/h8-10,12H,7H2,1-6H3,(H,20,22)(H,23,24). The van der Waals surface area contributed by atoms with Crippen LogP contribution in [0, 0.1) is 5.92 Å². The number of nitrogens with zero attached hydrogens (tertiary/aromatic N) is 1. The molecule has 8 nitrogen and oxygen atoms in total. The zero-order valence-electron chi connectivity index (χ0n) is 16.5. The summed E-state index contributed by atoms with van der Waals surface area (Å²) in [6, 6.07) is 2.46. The predicted molar refractivity (Wildman–Crippen MR) is 101 cm³/mol. The number of aryl methyl sites for hydroxylation is 1. The number of carbonyl (C=O) groups is 2. The predicted octanol–water partition coefficient (Wildman–Crippen LogP) is 2.43.